The molecule has 2 rings (SSSR count). The van der Waals surface area contributed by atoms with E-state index < -0.39 is 0 Å². The molecule has 1 aliphatic carbocycles. The van der Waals surface area contributed by atoms with Crippen LogP contribution in [-0.4, -0.2) is 0 Å². The van der Waals surface area contributed by atoms with Crippen molar-refractivity contribution in [3.05, 3.63) is 35.4 Å². The Bertz CT molecular complexity index is 332. The summed E-state index contributed by atoms with van der Waals surface area (Å²) in [5, 5.41) is 0. The van der Waals surface area contributed by atoms with E-state index in [0.717, 1.165) is 0 Å². The van der Waals surface area contributed by atoms with Crippen LogP contribution in [0.5, 0.6) is 0 Å². The van der Waals surface area contributed by atoms with Crippen LogP contribution in [0, 0.1) is 0 Å². The summed E-state index contributed by atoms with van der Waals surface area (Å²) in [6, 6.07) is 9.12. The van der Waals surface area contributed by atoms with Crippen molar-refractivity contribution >= 4 is 0 Å². The summed E-state index contributed by atoms with van der Waals surface area (Å²) in [4.78, 5) is 0. The van der Waals surface area contributed by atoms with Gasteiger partial charge in [0.2, 0.25) is 0 Å². The zero-order valence-corrected chi connectivity index (χ0v) is 10.8. The normalized spacial score (nSPS) is 19.6. The van der Waals surface area contributed by atoms with Gasteiger partial charge in [-0.2, -0.15) is 0 Å². The van der Waals surface area contributed by atoms with Crippen LogP contribution in [0.2, 0.25) is 0 Å². The molecule has 0 spiro atoms. The van der Waals surface area contributed by atoms with Crippen LogP contribution in [0.3, 0.4) is 0 Å². The fourth-order valence-electron chi connectivity index (χ4n) is 3.39. The number of benzene rings is 1. The molecule has 0 saturated heterocycles. The van der Waals surface area contributed by atoms with Crippen LogP contribution in [0.15, 0.2) is 24.3 Å². The molecule has 0 heterocycles. The molecule has 0 unspecified atom stereocenters. The lowest BCUT2D eigenvalue weighted by atomic mass is 9.66. The molecule has 1 aromatic rings. The molecule has 0 nitrogen and oxygen atoms in total. The minimum absolute atomic E-state index is 0.505. The van der Waals surface area contributed by atoms with Crippen LogP contribution in [0.1, 0.15) is 63.5 Å². The number of rotatable bonds is 3. The highest BCUT2D eigenvalue weighted by Crippen LogP contribution is 2.43. The largest absolute Gasteiger partial charge is 0.0645 e. The first-order valence-electron chi connectivity index (χ1n) is 6.91. The monoisotopic (exact) mass is 216 g/mol. The second-order valence-corrected chi connectivity index (χ2v) is 5.21. The molecule has 0 bridgehead atoms. The molecule has 0 heteroatoms. The van der Waals surface area contributed by atoms with Gasteiger partial charge in [-0.25, -0.2) is 0 Å². The van der Waals surface area contributed by atoms with E-state index in [1.54, 1.807) is 11.1 Å². The first-order valence-corrected chi connectivity index (χ1v) is 6.91. The Hall–Kier alpha value is -0.780. The fourth-order valence-corrected chi connectivity index (χ4v) is 3.39. The average molecular weight is 216 g/mol. The van der Waals surface area contributed by atoms with Gasteiger partial charge < -0.3 is 0 Å². The number of aryl methyl sites for hydroxylation is 1. The lowest BCUT2D eigenvalue weighted by Crippen LogP contribution is -2.29. The Morgan fingerprint density at radius 2 is 1.69 bits per heavy atom. The summed E-state index contributed by atoms with van der Waals surface area (Å²) in [6.07, 6.45) is 9.58. The molecule has 1 aliphatic rings. The fraction of sp³-hybridized carbons (Fsp3) is 0.625. The molecular weight excluding hydrogens is 192 g/mol. The quantitative estimate of drug-likeness (QED) is 0.677. The summed E-state index contributed by atoms with van der Waals surface area (Å²) in [7, 11) is 0. The van der Waals surface area contributed by atoms with Crippen molar-refractivity contribution in [2.75, 3.05) is 0 Å². The molecule has 0 N–H and O–H groups in total. The van der Waals surface area contributed by atoms with Crippen LogP contribution >= 0.6 is 0 Å². The second kappa shape index (κ2) is 5.03. The van der Waals surface area contributed by atoms with Crippen molar-refractivity contribution in [1.29, 1.82) is 0 Å². The van der Waals surface area contributed by atoms with E-state index in [4.69, 9.17) is 0 Å². The first-order chi connectivity index (χ1) is 7.82. The number of hydrogen-bond donors (Lipinski definition) is 0. The lowest BCUT2D eigenvalue weighted by molar-refractivity contribution is 0.282. The molecule has 0 amide bonds. The molecule has 0 atom stereocenters. The van der Waals surface area contributed by atoms with Gasteiger partial charge in [0.15, 0.2) is 0 Å². The van der Waals surface area contributed by atoms with Gasteiger partial charge in [0.25, 0.3) is 0 Å². The molecular formula is C16H24. The molecule has 0 aliphatic heterocycles. The predicted molar refractivity (Wildman–Crippen MR) is 70.9 cm³/mol. The molecule has 0 radical (unpaired) electrons. The Morgan fingerprint density at radius 3 is 2.31 bits per heavy atom. The third kappa shape index (κ3) is 2.03. The predicted octanol–water partition coefficient (Wildman–Crippen LogP) is 4.86. The third-order valence-electron chi connectivity index (χ3n) is 4.46. The van der Waals surface area contributed by atoms with Gasteiger partial charge in [0, 0.05) is 0 Å². The SMILES string of the molecule is CCc1ccccc1C1(CC)CCCCC1. The van der Waals surface area contributed by atoms with Gasteiger partial charge in [-0.15, -0.1) is 0 Å². The highest BCUT2D eigenvalue weighted by Gasteiger charge is 2.33. The van der Waals surface area contributed by atoms with E-state index in [0.29, 0.717) is 5.41 Å². The van der Waals surface area contributed by atoms with Gasteiger partial charge in [0.1, 0.15) is 0 Å². The lowest BCUT2D eigenvalue weighted by Gasteiger charge is -2.38. The Labute approximate surface area is 100 Å². The molecule has 88 valence electrons. The van der Waals surface area contributed by atoms with Crippen molar-refractivity contribution in [1.82, 2.24) is 0 Å². The highest BCUT2D eigenvalue weighted by molar-refractivity contribution is 5.34. The molecule has 0 aromatic heterocycles. The molecule has 1 aromatic carbocycles. The zero-order chi connectivity index (χ0) is 11.4. The van der Waals surface area contributed by atoms with Crippen LogP contribution in [0.4, 0.5) is 0 Å². The minimum atomic E-state index is 0.505. The molecule has 1 fully saturated rings. The van der Waals surface area contributed by atoms with Gasteiger partial charge in [-0.1, -0.05) is 57.4 Å². The minimum Gasteiger partial charge on any atom is -0.0645 e. The van der Waals surface area contributed by atoms with Gasteiger partial charge in [-0.05, 0) is 42.2 Å². The molecule has 1 saturated carbocycles. The molecule has 16 heavy (non-hydrogen) atoms. The van der Waals surface area contributed by atoms with Crippen molar-refractivity contribution < 1.29 is 0 Å². The van der Waals surface area contributed by atoms with Crippen LogP contribution < -0.4 is 0 Å². The van der Waals surface area contributed by atoms with E-state index in [-0.39, 0.29) is 0 Å². The standard InChI is InChI=1S/C16H24/c1-3-14-10-6-7-11-15(14)16(4-2)12-8-5-9-13-16/h6-7,10-11H,3-5,8-9,12-13H2,1-2H3. The van der Waals surface area contributed by atoms with E-state index in [2.05, 4.69) is 38.1 Å². The summed E-state index contributed by atoms with van der Waals surface area (Å²) < 4.78 is 0. The van der Waals surface area contributed by atoms with Crippen molar-refractivity contribution in [3.63, 3.8) is 0 Å². The van der Waals surface area contributed by atoms with Crippen molar-refractivity contribution in [3.8, 4) is 0 Å². The zero-order valence-electron chi connectivity index (χ0n) is 10.8. The van der Waals surface area contributed by atoms with Crippen molar-refractivity contribution in [2.45, 2.75) is 64.2 Å². The van der Waals surface area contributed by atoms with Crippen LogP contribution in [0.25, 0.3) is 0 Å². The summed E-state index contributed by atoms with van der Waals surface area (Å²) in [5.74, 6) is 0. The van der Waals surface area contributed by atoms with E-state index in [1.807, 2.05) is 0 Å². The topological polar surface area (TPSA) is 0 Å². The maximum absolute atomic E-state index is 2.38. The average Bonchev–Trinajstić information content (AvgIpc) is 2.39. The Morgan fingerprint density at radius 1 is 1.00 bits per heavy atom. The first kappa shape index (κ1) is 11.7. The maximum Gasteiger partial charge on any atom is -0.00469 e. The number of hydrogen-bond acceptors (Lipinski definition) is 0. The summed E-state index contributed by atoms with van der Waals surface area (Å²) >= 11 is 0. The van der Waals surface area contributed by atoms with E-state index in [1.165, 1.54) is 44.9 Å². The summed E-state index contributed by atoms with van der Waals surface area (Å²) in [5.41, 5.74) is 3.73. The maximum atomic E-state index is 2.38. The Kier molecular flexibility index (Phi) is 3.68. The smallest absolute Gasteiger partial charge is 0.00469 e. The van der Waals surface area contributed by atoms with Gasteiger partial charge >= 0.3 is 0 Å². The highest BCUT2D eigenvalue weighted by atomic mass is 14.4. The Balaban J connectivity index is 2.38. The van der Waals surface area contributed by atoms with Gasteiger partial charge in [-0.3, -0.25) is 0 Å². The van der Waals surface area contributed by atoms with E-state index in [9.17, 15) is 0 Å². The van der Waals surface area contributed by atoms with Gasteiger partial charge in [0.05, 0.1) is 0 Å². The van der Waals surface area contributed by atoms with E-state index >= 15 is 0 Å². The second-order valence-electron chi connectivity index (χ2n) is 5.21. The van der Waals surface area contributed by atoms with Crippen LogP contribution in [-0.2, 0) is 11.8 Å². The van der Waals surface area contributed by atoms with Crippen molar-refractivity contribution in [2.24, 2.45) is 0 Å². The summed E-state index contributed by atoms with van der Waals surface area (Å²) in [6.45, 7) is 4.66. The third-order valence-corrected chi connectivity index (χ3v) is 4.46.